The topological polar surface area (TPSA) is 83.0 Å². The number of rotatable bonds is 3. The molecule has 2 aromatic rings. The molecular weight excluding hydrogens is 252 g/mol. The Morgan fingerprint density at radius 2 is 2.22 bits per heavy atom. The molecule has 2 N–H and O–H groups in total. The van der Waals surface area contributed by atoms with Crippen molar-refractivity contribution in [2.45, 2.75) is 19.4 Å². The lowest BCUT2D eigenvalue weighted by Gasteiger charge is -2.25. The lowest BCUT2D eigenvalue weighted by molar-refractivity contribution is 0.0596. The number of nitrogen functional groups attached to an aromatic ring is 1. The molecule has 96 valence electrons. The number of anilines is 1. The van der Waals surface area contributed by atoms with Gasteiger partial charge in [-0.05, 0) is 13.8 Å². The van der Waals surface area contributed by atoms with Gasteiger partial charge >= 0.3 is 5.97 Å². The fourth-order valence-electron chi connectivity index (χ4n) is 1.69. The maximum atomic E-state index is 11.5. The summed E-state index contributed by atoms with van der Waals surface area (Å²) in [6, 6.07) is 0. The van der Waals surface area contributed by atoms with Crippen molar-refractivity contribution in [1.82, 2.24) is 14.5 Å². The maximum absolute atomic E-state index is 11.5. The van der Waals surface area contributed by atoms with E-state index in [1.54, 1.807) is 10.8 Å². The van der Waals surface area contributed by atoms with Crippen molar-refractivity contribution >= 4 is 23.1 Å². The number of hydrogen-bond acceptors (Lipinski definition) is 6. The molecule has 0 fully saturated rings. The van der Waals surface area contributed by atoms with Gasteiger partial charge in [0.1, 0.15) is 10.8 Å². The van der Waals surface area contributed by atoms with Gasteiger partial charge in [-0.3, -0.25) is 0 Å². The summed E-state index contributed by atoms with van der Waals surface area (Å²) < 4.78 is 6.35. The minimum absolute atomic E-state index is 0.127. The van der Waals surface area contributed by atoms with Crippen molar-refractivity contribution in [3.63, 3.8) is 0 Å². The third-order valence-electron chi connectivity index (χ3n) is 2.74. The molecule has 2 rings (SSSR count). The fraction of sp³-hybridized carbons (Fsp3) is 0.364. The highest BCUT2D eigenvalue weighted by molar-refractivity contribution is 7.09. The molecule has 2 heterocycles. The van der Waals surface area contributed by atoms with Gasteiger partial charge < -0.3 is 15.0 Å². The van der Waals surface area contributed by atoms with Crippen molar-refractivity contribution < 1.29 is 9.53 Å². The van der Waals surface area contributed by atoms with Gasteiger partial charge in [0.25, 0.3) is 0 Å². The van der Waals surface area contributed by atoms with Crippen LogP contribution in [-0.2, 0) is 10.3 Å². The van der Waals surface area contributed by atoms with Crippen LogP contribution in [0.1, 0.15) is 29.3 Å². The van der Waals surface area contributed by atoms with E-state index in [4.69, 9.17) is 5.73 Å². The summed E-state index contributed by atoms with van der Waals surface area (Å²) in [5, 5.41) is 2.79. The zero-order chi connectivity index (χ0) is 13.3. The summed E-state index contributed by atoms with van der Waals surface area (Å²) in [4.78, 5) is 19.8. The van der Waals surface area contributed by atoms with Crippen LogP contribution in [-0.4, -0.2) is 27.6 Å². The molecular formula is C11H14N4O2S. The quantitative estimate of drug-likeness (QED) is 0.851. The van der Waals surface area contributed by atoms with E-state index in [1.165, 1.54) is 24.8 Å². The van der Waals surface area contributed by atoms with Crippen LogP contribution in [0.3, 0.4) is 0 Å². The van der Waals surface area contributed by atoms with E-state index >= 15 is 0 Å². The Labute approximate surface area is 108 Å². The molecule has 0 aliphatic rings. The third kappa shape index (κ3) is 1.86. The van der Waals surface area contributed by atoms with Crippen LogP contribution in [0.15, 0.2) is 17.9 Å². The van der Waals surface area contributed by atoms with Crippen LogP contribution >= 0.6 is 11.3 Å². The molecule has 0 radical (unpaired) electrons. The fourth-order valence-corrected chi connectivity index (χ4v) is 2.45. The van der Waals surface area contributed by atoms with Crippen molar-refractivity contribution in [3.05, 3.63) is 28.6 Å². The highest BCUT2D eigenvalue weighted by atomic mass is 32.1. The highest BCUT2D eigenvalue weighted by Gasteiger charge is 2.30. The molecule has 0 aliphatic carbocycles. The van der Waals surface area contributed by atoms with E-state index < -0.39 is 11.5 Å². The third-order valence-corrected chi connectivity index (χ3v) is 3.83. The lowest BCUT2D eigenvalue weighted by Crippen LogP contribution is -2.28. The average Bonchev–Trinajstić information content (AvgIpc) is 2.97. The number of nitrogens with zero attached hydrogens (tertiary/aromatic N) is 3. The number of carbonyl (C=O) groups is 1. The second-order valence-electron chi connectivity index (χ2n) is 4.24. The van der Waals surface area contributed by atoms with Crippen LogP contribution in [0.4, 0.5) is 5.82 Å². The molecule has 0 spiro atoms. The molecule has 6 nitrogen and oxygen atoms in total. The molecule has 2 aromatic heterocycles. The van der Waals surface area contributed by atoms with Gasteiger partial charge in [-0.2, -0.15) is 0 Å². The first-order valence-corrected chi connectivity index (χ1v) is 6.18. The van der Waals surface area contributed by atoms with Gasteiger partial charge in [0.2, 0.25) is 0 Å². The minimum atomic E-state index is -0.541. The molecule has 0 bridgehead atoms. The highest BCUT2D eigenvalue weighted by Crippen LogP contribution is 2.30. The number of hydrogen-bond donors (Lipinski definition) is 1. The zero-order valence-corrected chi connectivity index (χ0v) is 11.2. The molecule has 0 aliphatic heterocycles. The van der Waals surface area contributed by atoms with Gasteiger partial charge in [0.15, 0.2) is 5.69 Å². The molecule has 0 saturated heterocycles. The number of ether oxygens (including phenoxy) is 1. The molecule has 0 atom stereocenters. The van der Waals surface area contributed by atoms with E-state index in [-0.39, 0.29) is 11.5 Å². The summed E-state index contributed by atoms with van der Waals surface area (Å²) in [5.41, 5.74) is 5.61. The van der Waals surface area contributed by atoms with Crippen LogP contribution in [0.2, 0.25) is 0 Å². The summed E-state index contributed by atoms with van der Waals surface area (Å²) in [6.07, 6.45) is 3.26. The number of thiazole rings is 1. The number of aromatic nitrogens is 3. The Bertz CT molecular complexity index is 560. The van der Waals surface area contributed by atoms with Gasteiger partial charge in [-0.15, -0.1) is 11.3 Å². The molecule has 0 amide bonds. The average molecular weight is 266 g/mol. The van der Waals surface area contributed by atoms with Crippen molar-refractivity contribution in [1.29, 1.82) is 0 Å². The number of carbonyl (C=O) groups excluding carboxylic acids is 1. The first-order valence-electron chi connectivity index (χ1n) is 5.30. The molecule has 0 unspecified atom stereocenters. The van der Waals surface area contributed by atoms with Gasteiger partial charge in [-0.25, -0.2) is 14.8 Å². The Kier molecular flexibility index (Phi) is 3.08. The van der Waals surface area contributed by atoms with Crippen LogP contribution < -0.4 is 5.73 Å². The van der Waals surface area contributed by atoms with Gasteiger partial charge in [0.05, 0.1) is 19.0 Å². The van der Waals surface area contributed by atoms with Crippen LogP contribution in [0.25, 0.3) is 0 Å². The van der Waals surface area contributed by atoms with Crippen molar-refractivity contribution in [3.8, 4) is 0 Å². The predicted octanol–water partition coefficient (Wildman–Crippen LogP) is 1.49. The number of esters is 1. The Morgan fingerprint density at radius 3 is 2.78 bits per heavy atom. The Hall–Kier alpha value is -1.89. The van der Waals surface area contributed by atoms with Crippen molar-refractivity contribution in [2.75, 3.05) is 12.8 Å². The van der Waals surface area contributed by atoms with E-state index in [1.807, 2.05) is 19.2 Å². The number of methoxy groups -OCH3 is 1. The van der Waals surface area contributed by atoms with Crippen LogP contribution in [0, 0.1) is 0 Å². The van der Waals surface area contributed by atoms with Gasteiger partial charge in [-0.1, -0.05) is 0 Å². The smallest absolute Gasteiger partial charge is 0.360 e. The summed E-state index contributed by atoms with van der Waals surface area (Å²) in [6.45, 7) is 3.93. The normalized spacial score (nSPS) is 11.5. The maximum Gasteiger partial charge on any atom is 0.360 e. The summed E-state index contributed by atoms with van der Waals surface area (Å²) in [7, 11) is 1.30. The Balaban J connectivity index is 2.47. The van der Waals surface area contributed by atoms with Crippen molar-refractivity contribution in [2.24, 2.45) is 0 Å². The Morgan fingerprint density at radius 1 is 1.50 bits per heavy atom. The molecule has 0 saturated carbocycles. The molecule has 0 aromatic carbocycles. The van der Waals surface area contributed by atoms with E-state index in [0.29, 0.717) is 0 Å². The molecule has 18 heavy (non-hydrogen) atoms. The van der Waals surface area contributed by atoms with Crippen LogP contribution in [0.5, 0.6) is 0 Å². The SMILES string of the molecule is COC(=O)c1ncn(C(C)(C)c2nccs2)c1N. The van der Waals surface area contributed by atoms with E-state index in [0.717, 1.165) is 5.01 Å². The van der Waals surface area contributed by atoms with E-state index in [2.05, 4.69) is 14.7 Å². The first kappa shape index (κ1) is 12.6. The zero-order valence-electron chi connectivity index (χ0n) is 10.4. The lowest BCUT2D eigenvalue weighted by atomic mass is 10.1. The number of nitrogens with two attached hydrogens (primary N) is 1. The predicted molar refractivity (Wildman–Crippen MR) is 68.5 cm³/mol. The van der Waals surface area contributed by atoms with E-state index in [9.17, 15) is 4.79 Å². The largest absolute Gasteiger partial charge is 0.464 e. The minimum Gasteiger partial charge on any atom is -0.464 e. The second-order valence-corrected chi connectivity index (χ2v) is 5.13. The van der Waals surface area contributed by atoms with Gasteiger partial charge in [0, 0.05) is 11.6 Å². The first-order chi connectivity index (χ1) is 8.48. The summed E-state index contributed by atoms with van der Waals surface area (Å²) in [5.74, 6) is -0.261. The summed E-state index contributed by atoms with van der Waals surface area (Å²) >= 11 is 1.53. The standard InChI is InChI=1S/C11H14N4O2S/c1-11(2,10-13-4-5-18-10)15-6-14-7(8(15)12)9(16)17-3/h4-6H,12H2,1-3H3. The second kappa shape index (κ2) is 4.41. The number of imidazole rings is 1. The monoisotopic (exact) mass is 266 g/mol. The molecule has 7 heteroatoms.